The lowest BCUT2D eigenvalue weighted by Crippen LogP contribution is -2.12. The van der Waals surface area contributed by atoms with Gasteiger partial charge in [0.25, 0.3) is 0 Å². The van der Waals surface area contributed by atoms with Crippen LogP contribution in [0.3, 0.4) is 0 Å². The van der Waals surface area contributed by atoms with Crippen LogP contribution >= 0.6 is 0 Å². The zero-order chi connectivity index (χ0) is 11.4. The van der Waals surface area contributed by atoms with Crippen LogP contribution in [0, 0.1) is 5.92 Å². The smallest absolute Gasteiger partial charge is 0.130 e. The molecular formula is C15H18O. The van der Waals surface area contributed by atoms with Crippen molar-refractivity contribution in [3.8, 4) is 0 Å². The predicted octanol–water partition coefficient (Wildman–Crippen LogP) is 3.72. The van der Waals surface area contributed by atoms with Crippen molar-refractivity contribution in [2.45, 2.75) is 32.1 Å². The standard InChI is InChI=1S/C15H18O/c1-12(16)11-15(14-9-5-6-10-14)13-7-3-2-4-8-13/h2-5,7-9,14-15H,6,10-11H2,1H3. The van der Waals surface area contributed by atoms with Crippen LogP contribution in [0.5, 0.6) is 0 Å². The molecule has 0 saturated carbocycles. The van der Waals surface area contributed by atoms with E-state index in [1.165, 1.54) is 12.0 Å². The number of hydrogen-bond acceptors (Lipinski definition) is 1. The normalized spacial score (nSPS) is 20.9. The van der Waals surface area contributed by atoms with Gasteiger partial charge in [0.05, 0.1) is 0 Å². The molecule has 0 bridgehead atoms. The number of carbonyl (C=O) groups excluding carboxylic acids is 1. The van der Waals surface area contributed by atoms with E-state index in [9.17, 15) is 4.79 Å². The SMILES string of the molecule is CC(=O)CC(c1ccccc1)C1C=CCC1. The van der Waals surface area contributed by atoms with E-state index in [1.807, 2.05) is 6.07 Å². The van der Waals surface area contributed by atoms with Crippen LogP contribution in [0.25, 0.3) is 0 Å². The van der Waals surface area contributed by atoms with Crippen LogP contribution in [0.15, 0.2) is 42.5 Å². The Morgan fingerprint density at radius 2 is 2.12 bits per heavy atom. The quantitative estimate of drug-likeness (QED) is 0.698. The van der Waals surface area contributed by atoms with Crippen LogP contribution < -0.4 is 0 Å². The number of allylic oxidation sites excluding steroid dienone is 2. The molecule has 84 valence electrons. The highest BCUT2D eigenvalue weighted by Crippen LogP contribution is 2.35. The molecule has 1 nitrogen and oxygen atoms in total. The maximum absolute atomic E-state index is 11.4. The summed E-state index contributed by atoms with van der Waals surface area (Å²) in [5.74, 6) is 1.21. The van der Waals surface area contributed by atoms with Crippen LogP contribution in [0.1, 0.15) is 37.7 Å². The van der Waals surface area contributed by atoms with Crippen molar-refractivity contribution in [1.29, 1.82) is 0 Å². The van der Waals surface area contributed by atoms with E-state index in [0.29, 0.717) is 18.3 Å². The third-order valence-corrected chi connectivity index (χ3v) is 3.30. The summed E-state index contributed by atoms with van der Waals surface area (Å²) in [6, 6.07) is 10.4. The first-order chi connectivity index (χ1) is 7.77. The highest BCUT2D eigenvalue weighted by molar-refractivity contribution is 5.76. The molecule has 1 aliphatic carbocycles. The van der Waals surface area contributed by atoms with E-state index in [-0.39, 0.29) is 5.78 Å². The van der Waals surface area contributed by atoms with Gasteiger partial charge in [-0.1, -0.05) is 42.5 Å². The first-order valence-electron chi connectivity index (χ1n) is 5.98. The third-order valence-electron chi connectivity index (χ3n) is 3.30. The fourth-order valence-electron chi connectivity index (χ4n) is 2.52. The maximum Gasteiger partial charge on any atom is 0.130 e. The lowest BCUT2D eigenvalue weighted by molar-refractivity contribution is -0.117. The van der Waals surface area contributed by atoms with Crippen molar-refractivity contribution in [2.75, 3.05) is 0 Å². The molecular weight excluding hydrogens is 196 g/mol. The van der Waals surface area contributed by atoms with Gasteiger partial charge in [-0.05, 0) is 37.2 Å². The Morgan fingerprint density at radius 3 is 2.69 bits per heavy atom. The Balaban J connectivity index is 2.20. The highest BCUT2D eigenvalue weighted by atomic mass is 16.1. The second kappa shape index (κ2) is 5.11. The van der Waals surface area contributed by atoms with E-state index < -0.39 is 0 Å². The lowest BCUT2D eigenvalue weighted by atomic mass is 9.82. The van der Waals surface area contributed by atoms with E-state index in [2.05, 4.69) is 36.4 Å². The molecule has 1 aliphatic rings. The summed E-state index contributed by atoms with van der Waals surface area (Å²) >= 11 is 0. The lowest BCUT2D eigenvalue weighted by Gasteiger charge is -2.21. The molecule has 2 unspecified atom stereocenters. The van der Waals surface area contributed by atoms with Gasteiger partial charge in [0, 0.05) is 6.42 Å². The third kappa shape index (κ3) is 2.60. The first-order valence-corrected chi connectivity index (χ1v) is 5.98. The fraction of sp³-hybridized carbons (Fsp3) is 0.400. The van der Waals surface area contributed by atoms with Gasteiger partial charge in [0.1, 0.15) is 5.78 Å². The number of ketones is 1. The van der Waals surface area contributed by atoms with Gasteiger partial charge in [-0.15, -0.1) is 0 Å². The average Bonchev–Trinajstić information content (AvgIpc) is 2.80. The number of Topliss-reactive ketones (excluding diaryl/α,β-unsaturated/α-hetero) is 1. The fourth-order valence-corrected chi connectivity index (χ4v) is 2.52. The molecule has 0 aromatic heterocycles. The highest BCUT2D eigenvalue weighted by Gasteiger charge is 2.23. The number of rotatable bonds is 4. The monoisotopic (exact) mass is 214 g/mol. The summed E-state index contributed by atoms with van der Waals surface area (Å²) in [6.45, 7) is 1.69. The minimum absolute atomic E-state index is 0.286. The zero-order valence-electron chi connectivity index (χ0n) is 9.73. The van der Waals surface area contributed by atoms with Crippen molar-refractivity contribution >= 4 is 5.78 Å². The summed E-state index contributed by atoms with van der Waals surface area (Å²) in [4.78, 5) is 11.4. The molecule has 1 aromatic rings. The van der Waals surface area contributed by atoms with Crippen molar-refractivity contribution in [3.05, 3.63) is 48.0 Å². The second-order valence-corrected chi connectivity index (χ2v) is 4.59. The average molecular weight is 214 g/mol. The van der Waals surface area contributed by atoms with Crippen molar-refractivity contribution in [1.82, 2.24) is 0 Å². The molecule has 2 atom stereocenters. The molecule has 16 heavy (non-hydrogen) atoms. The Morgan fingerprint density at radius 1 is 1.38 bits per heavy atom. The summed E-state index contributed by atoms with van der Waals surface area (Å²) in [5.41, 5.74) is 1.30. The summed E-state index contributed by atoms with van der Waals surface area (Å²) in [7, 11) is 0. The van der Waals surface area contributed by atoms with Gasteiger partial charge in [-0.3, -0.25) is 0 Å². The van der Waals surface area contributed by atoms with Gasteiger partial charge in [0.15, 0.2) is 0 Å². The Kier molecular flexibility index (Phi) is 3.55. The van der Waals surface area contributed by atoms with E-state index in [0.717, 1.165) is 6.42 Å². The van der Waals surface area contributed by atoms with E-state index in [1.54, 1.807) is 6.92 Å². The number of benzene rings is 1. The predicted molar refractivity (Wildman–Crippen MR) is 66.3 cm³/mol. The van der Waals surface area contributed by atoms with E-state index >= 15 is 0 Å². The molecule has 1 heteroatoms. The first kappa shape index (κ1) is 11.1. The molecule has 0 fully saturated rings. The topological polar surface area (TPSA) is 17.1 Å². The Bertz CT molecular complexity index is 378. The van der Waals surface area contributed by atoms with Gasteiger partial charge in [-0.2, -0.15) is 0 Å². The van der Waals surface area contributed by atoms with Crippen LogP contribution in [-0.4, -0.2) is 5.78 Å². The van der Waals surface area contributed by atoms with E-state index in [4.69, 9.17) is 0 Å². The molecule has 0 saturated heterocycles. The summed E-state index contributed by atoms with van der Waals surface area (Å²) < 4.78 is 0. The molecule has 0 heterocycles. The van der Waals surface area contributed by atoms with Crippen molar-refractivity contribution in [2.24, 2.45) is 5.92 Å². The number of carbonyl (C=O) groups is 1. The molecule has 0 N–H and O–H groups in total. The minimum Gasteiger partial charge on any atom is -0.300 e. The summed E-state index contributed by atoms with van der Waals surface area (Å²) in [6.07, 6.45) is 7.53. The van der Waals surface area contributed by atoms with Gasteiger partial charge < -0.3 is 4.79 Å². The molecule has 2 rings (SSSR count). The minimum atomic E-state index is 0.286. The Labute approximate surface area is 97.2 Å². The molecule has 1 aromatic carbocycles. The molecule has 0 radical (unpaired) electrons. The van der Waals surface area contributed by atoms with Crippen LogP contribution in [-0.2, 0) is 4.79 Å². The van der Waals surface area contributed by atoms with Gasteiger partial charge >= 0.3 is 0 Å². The summed E-state index contributed by atoms with van der Waals surface area (Å²) in [5, 5.41) is 0. The molecule has 0 aliphatic heterocycles. The largest absolute Gasteiger partial charge is 0.300 e. The van der Waals surface area contributed by atoms with Gasteiger partial charge in [-0.25, -0.2) is 0 Å². The Hall–Kier alpha value is -1.37. The van der Waals surface area contributed by atoms with Crippen LogP contribution in [0.4, 0.5) is 0 Å². The number of hydrogen-bond donors (Lipinski definition) is 0. The second-order valence-electron chi connectivity index (χ2n) is 4.59. The van der Waals surface area contributed by atoms with Crippen molar-refractivity contribution in [3.63, 3.8) is 0 Å². The van der Waals surface area contributed by atoms with Crippen molar-refractivity contribution < 1.29 is 4.79 Å². The van der Waals surface area contributed by atoms with Gasteiger partial charge in [0.2, 0.25) is 0 Å². The molecule has 0 spiro atoms. The molecule has 0 amide bonds. The maximum atomic E-state index is 11.4. The zero-order valence-corrected chi connectivity index (χ0v) is 9.73. The van der Waals surface area contributed by atoms with Crippen LogP contribution in [0.2, 0.25) is 0 Å².